The van der Waals surface area contributed by atoms with Crippen LogP contribution in [0, 0.1) is 0 Å². The van der Waals surface area contributed by atoms with Crippen molar-refractivity contribution in [2.24, 2.45) is 5.73 Å². The molecule has 5 heteroatoms. The molecular formula is C10H10N2O3. The summed E-state index contributed by atoms with van der Waals surface area (Å²) in [5.74, 6) is -0.602. The summed E-state index contributed by atoms with van der Waals surface area (Å²) in [6.45, 7) is 0. The van der Waals surface area contributed by atoms with Gasteiger partial charge in [0, 0.05) is 0 Å². The van der Waals surface area contributed by atoms with Gasteiger partial charge in [0.2, 0.25) is 5.91 Å². The number of nitrogens with two attached hydrogens (primary N) is 1. The van der Waals surface area contributed by atoms with E-state index in [-0.39, 0.29) is 0 Å². The monoisotopic (exact) mass is 206 g/mol. The molecule has 15 heavy (non-hydrogen) atoms. The van der Waals surface area contributed by atoms with Gasteiger partial charge >= 0.3 is 6.09 Å². The van der Waals surface area contributed by atoms with Crippen LogP contribution in [-0.2, 0) is 9.53 Å². The Balaban J connectivity index is 2.28. The molecule has 0 spiro atoms. The van der Waals surface area contributed by atoms with Crippen molar-refractivity contribution < 1.29 is 14.3 Å². The van der Waals surface area contributed by atoms with Crippen LogP contribution in [-0.4, -0.2) is 18.0 Å². The third-order valence-corrected chi connectivity index (χ3v) is 2.24. The highest BCUT2D eigenvalue weighted by Gasteiger charge is 2.38. The normalized spacial score (nSPS) is 24.4. The number of hydrogen-bond donors (Lipinski definition) is 2. The molecule has 0 bridgehead atoms. The van der Waals surface area contributed by atoms with E-state index in [0.717, 1.165) is 5.56 Å². The third kappa shape index (κ3) is 1.76. The zero-order valence-corrected chi connectivity index (χ0v) is 7.84. The summed E-state index contributed by atoms with van der Waals surface area (Å²) in [6, 6.07) is 8.22. The second-order valence-corrected chi connectivity index (χ2v) is 3.26. The lowest BCUT2D eigenvalue weighted by molar-refractivity contribution is -0.120. The minimum Gasteiger partial charge on any atom is -0.439 e. The Hall–Kier alpha value is -2.04. The number of carbonyl (C=O) groups is 2. The fraction of sp³-hybridized carbons (Fsp3) is 0.200. The number of primary amides is 1. The van der Waals surface area contributed by atoms with Crippen LogP contribution in [0.2, 0.25) is 0 Å². The summed E-state index contributed by atoms with van der Waals surface area (Å²) >= 11 is 0. The quantitative estimate of drug-likeness (QED) is 0.731. The minimum atomic E-state index is -0.792. The van der Waals surface area contributed by atoms with Gasteiger partial charge in [0.15, 0.2) is 12.1 Å². The van der Waals surface area contributed by atoms with E-state index in [1.807, 2.05) is 6.07 Å². The van der Waals surface area contributed by atoms with Crippen LogP contribution in [0.3, 0.4) is 0 Å². The smallest absolute Gasteiger partial charge is 0.408 e. The lowest BCUT2D eigenvalue weighted by atomic mass is 10.0. The first-order valence-electron chi connectivity index (χ1n) is 4.50. The number of rotatable bonds is 2. The molecule has 1 aromatic rings. The number of amides is 2. The summed E-state index contributed by atoms with van der Waals surface area (Å²) < 4.78 is 4.97. The summed E-state index contributed by atoms with van der Waals surface area (Å²) in [5, 5.41) is 2.37. The molecule has 1 aliphatic rings. The average Bonchev–Trinajstić information content (AvgIpc) is 2.62. The first-order valence-corrected chi connectivity index (χ1v) is 4.50. The standard InChI is InChI=1S/C10H10N2O3/c11-9(13)7-8(15-10(14)12-7)6-4-2-1-3-5-6/h1-5,7-8H,(H2,11,13)(H,12,14). The van der Waals surface area contributed by atoms with Crippen molar-refractivity contribution in [1.29, 1.82) is 0 Å². The fourth-order valence-corrected chi connectivity index (χ4v) is 1.54. The van der Waals surface area contributed by atoms with Gasteiger partial charge in [-0.25, -0.2) is 4.79 Å². The predicted octanol–water partition coefficient (Wildman–Crippen LogP) is 0.321. The van der Waals surface area contributed by atoms with Crippen LogP contribution in [0.15, 0.2) is 30.3 Å². The van der Waals surface area contributed by atoms with Gasteiger partial charge in [0.1, 0.15) is 0 Å². The van der Waals surface area contributed by atoms with Crippen molar-refractivity contribution in [3.8, 4) is 0 Å². The molecule has 78 valence electrons. The largest absolute Gasteiger partial charge is 0.439 e. The lowest BCUT2D eigenvalue weighted by Crippen LogP contribution is -2.40. The molecule has 2 rings (SSSR count). The van der Waals surface area contributed by atoms with E-state index < -0.39 is 24.1 Å². The molecule has 0 aliphatic carbocycles. The molecule has 1 saturated heterocycles. The molecule has 1 fully saturated rings. The molecule has 2 amide bonds. The number of cyclic esters (lactones) is 1. The van der Waals surface area contributed by atoms with Crippen LogP contribution in [0.1, 0.15) is 11.7 Å². The fourth-order valence-electron chi connectivity index (χ4n) is 1.54. The number of benzene rings is 1. The molecule has 0 saturated carbocycles. The number of ether oxygens (including phenoxy) is 1. The summed E-state index contributed by atoms with van der Waals surface area (Å²) in [6.07, 6.45) is -1.25. The molecule has 2 atom stereocenters. The maximum absolute atomic E-state index is 11.1. The van der Waals surface area contributed by atoms with Crippen molar-refractivity contribution in [3.05, 3.63) is 35.9 Å². The van der Waals surface area contributed by atoms with E-state index in [1.54, 1.807) is 24.3 Å². The van der Waals surface area contributed by atoms with Crippen LogP contribution in [0.25, 0.3) is 0 Å². The third-order valence-electron chi connectivity index (χ3n) is 2.24. The Labute approximate surface area is 86.2 Å². The first-order chi connectivity index (χ1) is 7.18. The van der Waals surface area contributed by atoms with Crippen molar-refractivity contribution in [3.63, 3.8) is 0 Å². The van der Waals surface area contributed by atoms with Gasteiger partial charge in [-0.15, -0.1) is 0 Å². The number of hydrogen-bond acceptors (Lipinski definition) is 3. The van der Waals surface area contributed by atoms with Crippen molar-refractivity contribution >= 4 is 12.0 Å². The molecular weight excluding hydrogens is 196 g/mol. The molecule has 1 heterocycles. The molecule has 5 nitrogen and oxygen atoms in total. The van der Waals surface area contributed by atoms with Crippen LogP contribution in [0.5, 0.6) is 0 Å². The zero-order valence-electron chi connectivity index (χ0n) is 7.84. The van der Waals surface area contributed by atoms with Gasteiger partial charge in [-0.05, 0) is 5.56 Å². The maximum Gasteiger partial charge on any atom is 0.408 e. The van der Waals surface area contributed by atoms with E-state index in [2.05, 4.69) is 5.32 Å². The number of alkyl carbamates (subject to hydrolysis) is 1. The predicted molar refractivity (Wildman–Crippen MR) is 51.8 cm³/mol. The highest BCUT2D eigenvalue weighted by atomic mass is 16.6. The SMILES string of the molecule is NC(=O)C1NC(=O)OC1c1ccccc1. The Bertz CT molecular complexity index is 391. The molecule has 0 aromatic heterocycles. The van der Waals surface area contributed by atoms with Gasteiger partial charge in [0.05, 0.1) is 0 Å². The van der Waals surface area contributed by atoms with Gasteiger partial charge in [-0.3, -0.25) is 4.79 Å². The highest BCUT2D eigenvalue weighted by Crippen LogP contribution is 2.25. The van der Waals surface area contributed by atoms with Crippen molar-refractivity contribution in [2.75, 3.05) is 0 Å². The van der Waals surface area contributed by atoms with Crippen LogP contribution < -0.4 is 11.1 Å². The maximum atomic E-state index is 11.1. The minimum absolute atomic E-state index is 0.602. The molecule has 2 unspecified atom stereocenters. The first kappa shape index (κ1) is 9.51. The Morgan fingerprint density at radius 2 is 2.00 bits per heavy atom. The van der Waals surface area contributed by atoms with Gasteiger partial charge < -0.3 is 15.8 Å². The second-order valence-electron chi connectivity index (χ2n) is 3.26. The van der Waals surface area contributed by atoms with Gasteiger partial charge in [-0.2, -0.15) is 0 Å². The molecule has 0 radical (unpaired) electrons. The van der Waals surface area contributed by atoms with E-state index in [4.69, 9.17) is 10.5 Å². The summed E-state index contributed by atoms with van der Waals surface area (Å²) in [5.41, 5.74) is 5.90. The van der Waals surface area contributed by atoms with Crippen LogP contribution in [0.4, 0.5) is 4.79 Å². The van der Waals surface area contributed by atoms with E-state index >= 15 is 0 Å². The van der Waals surface area contributed by atoms with E-state index in [1.165, 1.54) is 0 Å². The van der Waals surface area contributed by atoms with Gasteiger partial charge in [0.25, 0.3) is 0 Å². The second kappa shape index (κ2) is 3.61. The Morgan fingerprint density at radius 3 is 2.60 bits per heavy atom. The summed E-state index contributed by atoms with van der Waals surface area (Å²) in [7, 11) is 0. The molecule has 1 aliphatic heterocycles. The lowest BCUT2D eigenvalue weighted by Gasteiger charge is -2.13. The van der Waals surface area contributed by atoms with Crippen molar-refractivity contribution in [2.45, 2.75) is 12.1 Å². The van der Waals surface area contributed by atoms with Crippen molar-refractivity contribution in [1.82, 2.24) is 5.32 Å². The Morgan fingerprint density at radius 1 is 1.33 bits per heavy atom. The zero-order chi connectivity index (χ0) is 10.8. The Kier molecular flexibility index (Phi) is 2.29. The van der Waals surface area contributed by atoms with E-state index in [9.17, 15) is 9.59 Å². The van der Waals surface area contributed by atoms with Crippen LogP contribution >= 0.6 is 0 Å². The average molecular weight is 206 g/mol. The highest BCUT2D eigenvalue weighted by molar-refractivity contribution is 5.87. The molecule has 3 N–H and O–H groups in total. The number of carbonyl (C=O) groups excluding carboxylic acids is 2. The van der Waals surface area contributed by atoms with Gasteiger partial charge in [-0.1, -0.05) is 30.3 Å². The molecule has 1 aromatic carbocycles. The van der Waals surface area contributed by atoms with E-state index in [0.29, 0.717) is 0 Å². The topological polar surface area (TPSA) is 81.4 Å². The number of nitrogens with one attached hydrogen (secondary N) is 1. The summed E-state index contributed by atoms with van der Waals surface area (Å²) in [4.78, 5) is 22.1.